The quantitative estimate of drug-likeness (QED) is 0.868. The lowest BCUT2D eigenvalue weighted by atomic mass is 10.1. The van der Waals surface area contributed by atoms with Crippen molar-refractivity contribution < 1.29 is 19.0 Å². The van der Waals surface area contributed by atoms with Gasteiger partial charge in [0.1, 0.15) is 11.6 Å². The first kappa shape index (κ1) is 13.0. The minimum atomic E-state index is -0.461. The van der Waals surface area contributed by atoms with Gasteiger partial charge in [-0.15, -0.1) is 0 Å². The number of halogens is 2. The molecule has 0 radical (unpaired) electrons. The number of hydrogen-bond donors (Lipinski definition) is 1. The number of carbonyl (C=O) groups excluding carboxylic acids is 1. The summed E-state index contributed by atoms with van der Waals surface area (Å²) in [6, 6.07) is 2.42. The van der Waals surface area contributed by atoms with E-state index in [9.17, 15) is 14.3 Å². The van der Waals surface area contributed by atoms with Crippen LogP contribution in [0.3, 0.4) is 0 Å². The Morgan fingerprint density at radius 2 is 2.25 bits per heavy atom. The van der Waals surface area contributed by atoms with Crippen molar-refractivity contribution in [1.82, 2.24) is 0 Å². The number of esters is 1. The van der Waals surface area contributed by atoms with Crippen molar-refractivity contribution in [2.24, 2.45) is 0 Å². The van der Waals surface area contributed by atoms with Crippen LogP contribution in [0.2, 0.25) is 0 Å². The van der Waals surface area contributed by atoms with E-state index in [0.717, 1.165) is 6.07 Å². The van der Waals surface area contributed by atoms with E-state index in [1.807, 2.05) is 0 Å². The van der Waals surface area contributed by atoms with E-state index in [0.29, 0.717) is 12.2 Å². The SMILES string of the molecule is CCOC(=O)CCc1c(O)ccc(F)c1Br. The van der Waals surface area contributed by atoms with Crippen LogP contribution in [-0.2, 0) is 16.0 Å². The molecule has 88 valence electrons. The maximum Gasteiger partial charge on any atom is 0.306 e. The van der Waals surface area contributed by atoms with E-state index in [1.54, 1.807) is 6.92 Å². The number of benzene rings is 1. The van der Waals surface area contributed by atoms with E-state index in [4.69, 9.17) is 4.74 Å². The fraction of sp³-hybridized carbons (Fsp3) is 0.364. The second-order valence-corrected chi connectivity index (χ2v) is 3.96. The van der Waals surface area contributed by atoms with Crippen molar-refractivity contribution in [2.45, 2.75) is 19.8 Å². The summed E-state index contributed by atoms with van der Waals surface area (Å²) >= 11 is 3.03. The molecule has 1 rings (SSSR count). The maximum absolute atomic E-state index is 13.2. The van der Waals surface area contributed by atoms with Gasteiger partial charge in [-0.1, -0.05) is 0 Å². The molecule has 0 aromatic heterocycles. The fourth-order valence-electron chi connectivity index (χ4n) is 1.28. The smallest absolute Gasteiger partial charge is 0.306 e. The highest BCUT2D eigenvalue weighted by molar-refractivity contribution is 9.10. The molecule has 3 nitrogen and oxygen atoms in total. The molecule has 0 atom stereocenters. The highest BCUT2D eigenvalue weighted by Crippen LogP contribution is 2.29. The molecule has 5 heteroatoms. The minimum absolute atomic E-state index is 0.0300. The Balaban J connectivity index is 2.74. The summed E-state index contributed by atoms with van der Waals surface area (Å²) in [5.41, 5.74) is 0.382. The largest absolute Gasteiger partial charge is 0.508 e. The topological polar surface area (TPSA) is 46.5 Å². The van der Waals surface area contributed by atoms with Crippen LogP contribution in [0.4, 0.5) is 4.39 Å². The Labute approximate surface area is 101 Å². The first-order chi connectivity index (χ1) is 7.56. The van der Waals surface area contributed by atoms with Crippen LogP contribution in [0.15, 0.2) is 16.6 Å². The zero-order valence-electron chi connectivity index (χ0n) is 8.80. The standard InChI is InChI=1S/C11H12BrFO3/c1-2-16-10(15)6-3-7-9(14)5-4-8(13)11(7)12/h4-5,14H,2-3,6H2,1H3. The van der Waals surface area contributed by atoms with Crippen LogP contribution in [0.25, 0.3) is 0 Å². The second-order valence-electron chi connectivity index (χ2n) is 3.16. The third-order valence-corrected chi connectivity index (χ3v) is 2.91. The minimum Gasteiger partial charge on any atom is -0.508 e. The van der Waals surface area contributed by atoms with Gasteiger partial charge in [-0.3, -0.25) is 4.79 Å². The summed E-state index contributed by atoms with van der Waals surface area (Å²) in [4.78, 5) is 11.1. The first-order valence-corrected chi connectivity index (χ1v) is 5.67. The Kier molecular flexibility index (Phi) is 4.73. The van der Waals surface area contributed by atoms with Gasteiger partial charge in [0.15, 0.2) is 0 Å². The van der Waals surface area contributed by atoms with Gasteiger partial charge in [0.25, 0.3) is 0 Å². The molecule has 0 fully saturated rings. The Hall–Kier alpha value is -1.10. The van der Waals surface area contributed by atoms with Crippen LogP contribution < -0.4 is 0 Å². The summed E-state index contributed by atoms with van der Waals surface area (Å²) < 4.78 is 18.1. The third-order valence-electron chi connectivity index (χ3n) is 2.06. The Morgan fingerprint density at radius 3 is 2.88 bits per heavy atom. The van der Waals surface area contributed by atoms with Crippen LogP contribution in [0, 0.1) is 5.82 Å². The number of aromatic hydroxyl groups is 1. The Bertz CT molecular complexity index is 393. The molecule has 0 aliphatic carbocycles. The van der Waals surface area contributed by atoms with Gasteiger partial charge in [-0.25, -0.2) is 4.39 Å². The average Bonchev–Trinajstić information content (AvgIpc) is 2.24. The molecule has 16 heavy (non-hydrogen) atoms. The second kappa shape index (κ2) is 5.84. The zero-order chi connectivity index (χ0) is 12.1. The normalized spacial score (nSPS) is 10.2. The first-order valence-electron chi connectivity index (χ1n) is 4.87. The van der Waals surface area contributed by atoms with Crippen molar-refractivity contribution in [2.75, 3.05) is 6.61 Å². The fourth-order valence-corrected chi connectivity index (χ4v) is 1.81. The molecule has 0 saturated carbocycles. The van der Waals surface area contributed by atoms with Gasteiger partial charge in [0, 0.05) is 12.0 Å². The van der Waals surface area contributed by atoms with Crippen molar-refractivity contribution in [3.63, 3.8) is 0 Å². The maximum atomic E-state index is 13.2. The lowest BCUT2D eigenvalue weighted by molar-refractivity contribution is -0.143. The van der Waals surface area contributed by atoms with Crippen LogP contribution in [0.1, 0.15) is 18.9 Å². The van der Waals surface area contributed by atoms with Crippen molar-refractivity contribution in [1.29, 1.82) is 0 Å². The molecule has 0 amide bonds. The zero-order valence-corrected chi connectivity index (χ0v) is 10.4. The van der Waals surface area contributed by atoms with Gasteiger partial charge < -0.3 is 9.84 Å². The highest BCUT2D eigenvalue weighted by Gasteiger charge is 2.12. The summed E-state index contributed by atoms with van der Waals surface area (Å²) in [5, 5.41) is 9.51. The predicted octanol–water partition coefficient (Wildman–Crippen LogP) is 2.79. The molecule has 0 bridgehead atoms. The van der Waals surface area contributed by atoms with Crippen molar-refractivity contribution >= 4 is 21.9 Å². The number of phenols is 1. The predicted molar refractivity (Wildman–Crippen MR) is 60.7 cm³/mol. The van der Waals surface area contributed by atoms with E-state index in [-0.39, 0.29) is 29.0 Å². The molecular weight excluding hydrogens is 279 g/mol. The molecule has 0 aliphatic rings. The molecule has 0 saturated heterocycles. The number of phenolic OH excluding ortho intramolecular Hbond substituents is 1. The van der Waals surface area contributed by atoms with Gasteiger partial charge in [0.05, 0.1) is 11.1 Å². The number of hydrogen-bond acceptors (Lipinski definition) is 3. The van der Waals surface area contributed by atoms with Gasteiger partial charge in [-0.05, 0) is 41.4 Å². The molecule has 1 aromatic rings. The van der Waals surface area contributed by atoms with E-state index < -0.39 is 5.82 Å². The van der Waals surface area contributed by atoms with Crippen molar-refractivity contribution in [3.05, 3.63) is 28.0 Å². The van der Waals surface area contributed by atoms with Crippen LogP contribution in [-0.4, -0.2) is 17.7 Å². The van der Waals surface area contributed by atoms with E-state index >= 15 is 0 Å². The lowest BCUT2D eigenvalue weighted by Gasteiger charge is -2.07. The van der Waals surface area contributed by atoms with E-state index in [1.165, 1.54) is 6.07 Å². The number of carbonyl (C=O) groups is 1. The summed E-state index contributed by atoms with van der Waals surface area (Å²) in [6.07, 6.45) is 0.354. The van der Waals surface area contributed by atoms with Crippen LogP contribution >= 0.6 is 15.9 Å². The van der Waals surface area contributed by atoms with Gasteiger partial charge in [0.2, 0.25) is 0 Å². The summed E-state index contributed by atoms with van der Waals surface area (Å²) in [7, 11) is 0. The van der Waals surface area contributed by atoms with Gasteiger partial charge in [-0.2, -0.15) is 0 Å². The Morgan fingerprint density at radius 1 is 1.56 bits per heavy atom. The number of ether oxygens (including phenoxy) is 1. The molecular formula is C11H12BrFO3. The molecule has 1 aromatic carbocycles. The monoisotopic (exact) mass is 290 g/mol. The van der Waals surface area contributed by atoms with Crippen molar-refractivity contribution in [3.8, 4) is 5.75 Å². The summed E-state index contributed by atoms with van der Waals surface area (Å²) in [5.74, 6) is -0.854. The van der Waals surface area contributed by atoms with Gasteiger partial charge >= 0.3 is 5.97 Å². The molecule has 0 unspecified atom stereocenters. The third kappa shape index (κ3) is 3.20. The lowest BCUT2D eigenvalue weighted by Crippen LogP contribution is -2.05. The average molecular weight is 291 g/mol. The molecule has 0 heterocycles. The molecule has 1 N–H and O–H groups in total. The number of rotatable bonds is 4. The van der Waals surface area contributed by atoms with E-state index in [2.05, 4.69) is 15.9 Å². The molecule has 0 spiro atoms. The molecule has 0 aliphatic heterocycles. The summed E-state index contributed by atoms with van der Waals surface area (Å²) in [6.45, 7) is 2.03. The highest BCUT2D eigenvalue weighted by atomic mass is 79.9. The van der Waals surface area contributed by atoms with Crippen LogP contribution in [0.5, 0.6) is 5.75 Å².